The van der Waals surface area contributed by atoms with Crippen molar-refractivity contribution in [2.75, 3.05) is 12.8 Å². The van der Waals surface area contributed by atoms with Gasteiger partial charge in [-0.05, 0) is 12.1 Å². The van der Waals surface area contributed by atoms with Gasteiger partial charge in [0.15, 0.2) is 0 Å². The molecule has 0 spiro atoms. The predicted molar refractivity (Wildman–Crippen MR) is 86.7 cm³/mol. The Kier molecular flexibility index (Phi) is 6.41. The molecule has 0 radical (unpaired) electrons. The van der Waals surface area contributed by atoms with Crippen molar-refractivity contribution in [1.29, 1.82) is 0 Å². The summed E-state index contributed by atoms with van der Waals surface area (Å²) >= 11 is 7.53. The van der Waals surface area contributed by atoms with Crippen molar-refractivity contribution < 1.29 is 13.6 Å². The van der Waals surface area contributed by atoms with Gasteiger partial charge in [0, 0.05) is 36.5 Å². The van der Waals surface area contributed by atoms with Gasteiger partial charge in [-0.25, -0.2) is 4.98 Å². The molecule has 0 atom stereocenters. The number of amides is 1. The zero-order valence-corrected chi connectivity index (χ0v) is 14.0. The first-order chi connectivity index (χ1) is 11.0. The monoisotopic (exact) mass is 359 g/mol. The highest BCUT2D eigenvalue weighted by atomic mass is 35.5. The van der Waals surface area contributed by atoms with Crippen molar-refractivity contribution in [1.82, 2.24) is 14.5 Å². The van der Waals surface area contributed by atoms with Crippen LogP contribution in [0.5, 0.6) is 0 Å². The highest BCUT2D eigenvalue weighted by Crippen LogP contribution is 2.27. The predicted octanol–water partition coefficient (Wildman–Crippen LogP) is 4.07. The molecule has 0 unspecified atom stereocenters. The number of hydrogen-bond donors (Lipinski definition) is 0. The molecule has 0 aliphatic carbocycles. The van der Waals surface area contributed by atoms with Crippen LogP contribution in [-0.4, -0.2) is 33.2 Å². The number of aromatic nitrogens is 2. The minimum absolute atomic E-state index is 0.0485. The standard InChI is InChI=1S/C15H16ClF2N3OS/c1-20(10-13-19-7-8-21(13)15(17)18)14(22)6-9-23-12-5-3-2-4-11(12)16/h2-5,7-8,15H,6,9-10H2,1H3. The van der Waals surface area contributed by atoms with Gasteiger partial charge in [-0.3, -0.25) is 9.36 Å². The normalized spacial score (nSPS) is 11.0. The molecule has 2 aromatic rings. The van der Waals surface area contributed by atoms with Crippen LogP contribution in [0.2, 0.25) is 5.02 Å². The van der Waals surface area contributed by atoms with E-state index in [1.165, 1.54) is 29.1 Å². The van der Waals surface area contributed by atoms with Crippen LogP contribution in [0.4, 0.5) is 8.78 Å². The highest BCUT2D eigenvalue weighted by Gasteiger charge is 2.16. The number of imidazole rings is 1. The Hall–Kier alpha value is -1.60. The second-order valence-corrected chi connectivity index (χ2v) is 6.35. The van der Waals surface area contributed by atoms with E-state index in [1.54, 1.807) is 13.1 Å². The van der Waals surface area contributed by atoms with Crippen LogP contribution in [-0.2, 0) is 11.3 Å². The molecule has 0 aliphatic heterocycles. The van der Waals surface area contributed by atoms with Gasteiger partial charge in [-0.2, -0.15) is 8.78 Å². The van der Waals surface area contributed by atoms with Gasteiger partial charge < -0.3 is 4.90 Å². The zero-order valence-electron chi connectivity index (χ0n) is 12.5. The van der Waals surface area contributed by atoms with Crippen molar-refractivity contribution in [3.63, 3.8) is 0 Å². The minimum atomic E-state index is -2.66. The molecular weight excluding hydrogens is 344 g/mol. The third-order valence-electron chi connectivity index (χ3n) is 3.17. The fraction of sp³-hybridized carbons (Fsp3) is 0.333. The topological polar surface area (TPSA) is 38.1 Å². The summed E-state index contributed by atoms with van der Waals surface area (Å²) in [6, 6.07) is 7.41. The maximum Gasteiger partial charge on any atom is 0.319 e. The Bertz CT molecular complexity index is 666. The van der Waals surface area contributed by atoms with Crippen LogP contribution >= 0.6 is 23.4 Å². The quantitative estimate of drug-likeness (QED) is 0.699. The molecule has 0 bridgehead atoms. The number of nitrogens with zero attached hydrogens (tertiary/aromatic N) is 3. The molecule has 2 rings (SSSR count). The van der Waals surface area contributed by atoms with Gasteiger partial charge in [0.1, 0.15) is 5.82 Å². The summed E-state index contributed by atoms with van der Waals surface area (Å²) in [5.74, 6) is 0.596. The van der Waals surface area contributed by atoms with E-state index in [9.17, 15) is 13.6 Å². The van der Waals surface area contributed by atoms with Crippen LogP contribution in [0.15, 0.2) is 41.6 Å². The lowest BCUT2D eigenvalue weighted by atomic mass is 10.4. The number of benzene rings is 1. The first-order valence-electron chi connectivity index (χ1n) is 6.90. The highest BCUT2D eigenvalue weighted by molar-refractivity contribution is 7.99. The molecule has 1 amide bonds. The fourth-order valence-electron chi connectivity index (χ4n) is 1.95. The van der Waals surface area contributed by atoms with E-state index in [2.05, 4.69) is 4.98 Å². The third kappa shape index (κ3) is 4.94. The van der Waals surface area contributed by atoms with E-state index in [0.717, 1.165) is 9.46 Å². The zero-order chi connectivity index (χ0) is 16.8. The first-order valence-corrected chi connectivity index (χ1v) is 8.26. The van der Waals surface area contributed by atoms with E-state index in [0.29, 0.717) is 17.2 Å². The van der Waals surface area contributed by atoms with Crippen molar-refractivity contribution in [3.05, 3.63) is 47.5 Å². The second-order valence-electron chi connectivity index (χ2n) is 4.81. The number of hydrogen-bond acceptors (Lipinski definition) is 3. The molecule has 0 saturated heterocycles. The molecule has 1 heterocycles. The summed E-state index contributed by atoms with van der Waals surface area (Å²) in [5, 5.41) is 0.650. The van der Waals surface area contributed by atoms with Gasteiger partial charge in [0.05, 0.1) is 11.6 Å². The molecule has 124 valence electrons. The van der Waals surface area contributed by atoms with Crippen LogP contribution in [0.1, 0.15) is 18.8 Å². The maximum absolute atomic E-state index is 12.7. The van der Waals surface area contributed by atoms with Gasteiger partial charge >= 0.3 is 6.55 Å². The lowest BCUT2D eigenvalue weighted by Gasteiger charge is -2.17. The van der Waals surface area contributed by atoms with Gasteiger partial charge in [-0.1, -0.05) is 23.7 Å². The van der Waals surface area contributed by atoms with E-state index in [1.807, 2.05) is 18.2 Å². The van der Waals surface area contributed by atoms with Crippen LogP contribution in [0.25, 0.3) is 0 Å². The Morgan fingerprint density at radius 1 is 1.43 bits per heavy atom. The number of carbonyl (C=O) groups is 1. The Morgan fingerprint density at radius 3 is 2.87 bits per heavy atom. The molecular formula is C15H16ClF2N3OS. The van der Waals surface area contributed by atoms with E-state index < -0.39 is 6.55 Å². The molecule has 23 heavy (non-hydrogen) atoms. The van der Waals surface area contributed by atoms with Gasteiger partial charge in [-0.15, -0.1) is 11.8 Å². The van der Waals surface area contributed by atoms with E-state index >= 15 is 0 Å². The van der Waals surface area contributed by atoms with Crippen molar-refractivity contribution in [3.8, 4) is 0 Å². The maximum atomic E-state index is 12.7. The number of thioether (sulfide) groups is 1. The van der Waals surface area contributed by atoms with Gasteiger partial charge in [0.25, 0.3) is 0 Å². The van der Waals surface area contributed by atoms with Crippen LogP contribution in [0.3, 0.4) is 0 Å². The van der Waals surface area contributed by atoms with Crippen molar-refractivity contribution >= 4 is 29.3 Å². The summed E-state index contributed by atoms with van der Waals surface area (Å²) in [6.45, 7) is -2.61. The molecule has 0 aliphatic rings. The number of alkyl halides is 2. The van der Waals surface area contributed by atoms with Crippen molar-refractivity contribution in [2.24, 2.45) is 0 Å². The van der Waals surface area contributed by atoms with E-state index in [4.69, 9.17) is 11.6 Å². The number of rotatable bonds is 7. The molecule has 0 saturated carbocycles. The summed E-state index contributed by atoms with van der Waals surface area (Å²) in [4.78, 5) is 18.3. The Morgan fingerprint density at radius 2 is 2.17 bits per heavy atom. The molecule has 1 aromatic heterocycles. The molecule has 0 N–H and O–H groups in total. The largest absolute Gasteiger partial charge is 0.338 e. The molecule has 1 aromatic carbocycles. The molecule has 4 nitrogen and oxygen atoms in total. The summed E-state index contributed by atoms with van der Waals surface area (Å²) in [7, 11) is 1.58. The summed E-state index contributed by atoms with van der Waals surface area (Å²) < 4.78 is 26.2. The lowest BCUT2D eigenvalue weighted by molar-refractivity contribution is -0.130. The summed E-state index contributed by atoms with van der Waals surface area (Å²) in [6.07, 6.45) is 2.79. The lowest BCUT2D eigenvalue weighted by Crippen LogP contribution is -2.28. The first kappa shape index (κ1) is 17.7. The van der Waals surface area contributed by atoms with Crippen LogP contribution in [0, 0.1) is 0 Å². The smallest absolute Gasteiger partial charge is 0.319 e. The average molecular weight is 360 g/mol. The SMILES string of the molecule is CN(Cc1nccn1C(F)F)C(=O)CCSc1ccccc1Cl. The molecule has 8 heteroatoms. The Balaban J connectivity index is 1.83. The number of carbonyl (C=O) groups excluding carboxylic acids is 1. The third-order valence-corrected chi connectivity index (χ3v) is 4.69. The molecule has 0 fully saturated rings. The van der Waals surface area contributed by atoms with Crippen molar-refractivity contribution in [2.45, 2.75) is 24.4 Å². The number of halogens is 3. The second kappa shape index (κ2) is 8.31. The fourth-order valence-corrected chi connectivity index (χ4v) is 3.12. The summed E-state index contributed by atoms with van der Waals surface area (Å²) in [5.41, 5.74) is 0. The Labute approximate surface area is 142 Å². The average Bonchev–Trinajstić information content (AvgIpc) is 2.97. The van der Waals surface area contributed by atoms with E-state index in [-0.39, 0.29) is 18.3 Å². The van der Waals surface area contributed by atoms with Crippen LogP contribution < -0.4 is 0 Å². The van der Waals surface area contributed by atoms with Gasteiger partial charge in [0.2, 0.25) is 5.91 Å². The minimum Gasteiger partial charge on any atom is -0.338 e.